The van der Waals surface area contributed by atoms with Crippen LogP contribution in [0.5, 0.6) is 0 Å². The van der Waals surface area contributed by atoms with Gasteiger partial charge in [-0.25, -0.2) is 4.79 Å². The molecule has 24 heavy (non-hydrogen) atoms. The van der Waals surface area contributed by atoms with Crippen molar-refractivity contribution >= 4 is 22.4 Å². The fourth-order valence-electron chi connectivity index (χ4n) is 3.93. The molecular weight excluding hydrogens is 306 g/mol. The molecule has 0 spiro atoms. The van der Waals surface area contributed by atoms with Crippen molar-refractivity contribution in [3.05, 3.63) is 53.5 Å². The summed E-state index contributed by atoms with van der Waals surface area (Å²) < 4.78 is 11.2. The summed E-state index contributed by atoms with van der Waals surface area (Å²) in [5.74, 6) is -2.05. The molecule has 0 bridgehead atoms. The molecule has 1 atom stereocenters. The van der Waals surface area contributed by atoms with Crippen molar-refractivity contribution in [1.82, 2.24) is 4.48 Å². The molecule has 0 aromatic heterocycles. The van der Waals surface area contributed by atoms with Crippen LogP contribution in [-0.4, -0.2) is 31.0 Å². The fourth-order valence-corrected chi connectivity index (χ4v) is 3.93. The van der Waals surface area contributed by atoms with Gasteiger partial charge in [0.2, 0.25) is 0 Å². The van der Waals surface area contributed by atoms with Crippen LogP contribution >= 0.6 is 0 Å². The lowest BCUT2D eigenvalue weighted by molar-refractivity contribution is -0.223. The Labute approximate surface area is 140 Å². The van der Waals surface area contributed by atoms with Crippen LogP contribution in [0, 0.1) is 0 Å². The number of rotatable bonds is 1. The molecule has 0 saturated carbocycles. The molecule has 5 nitrogen and oxygen atoms in total. The molecule has 0 aliphatic carbocycles. The Balaban J connectivity index is 1.98. The van der Waals surface area contributed by atoms with Crippen LogP contribution in [-0.2, 0) is 14.3 Å². The molecule has 2 heterocycles. The molecule has 0 unspecified atom stereocenters. The highest BCUT2D eigenvalue weighted by Crippen LogP contribution is 2.51. The number of esters is 1. The van der Waals surface area contributed by atoms with Crippen molar-refractivity contribution in [2.24, 2.45) is 0 Å². The zero-order valence-electron chi connectivity index (χ0n) is 14.2. The van der Waals surface area contributed by atoms with E-state index >= 15 is 0 Å². The summed E-state index contributed by atoms with van der Waals surface area (Å²) in [5, 5.41) is 12.7. The van der Waals surface area contributed by atoms with Gasteiger partial charge in [0, 0.05) is 19.4 Å². The second-order valence-electron chi connectivity index (χ2n) is 7.28. The number of ether oxygens (including phenoxy) is 2. The number of cyclic esters (lactones) is 1. The van der Waals surface area contributed by atoms with Gasteiger partial charge in [0.25, 0.3) is 11.7 Å². The van der Waals surface area contributed by atoms with E-state index in [1.165, 1.54) is 0 Å². The standard InChI is InChI=1S/C19H19NO4/c1-19(2)23-17(21)15(18(22)24-19)16-12-9-5-7-11-8-6-10-13(14(11)12)20(16,3)4/h5-10,16H,1-4H3/p+1/t16-/m0/s1. The normalized spacial score (nSPS) is 24.0. The first-order chi connectivity index (χ1) is 11.2. The minimum Gasteiger partial charge on any atom is -0.480 e. The van der Waals surface area contributed by atoms with E-state index in [9.17, 15) is 9.90 Å². The van der Waals surface area contributed by atoms with Gasteiger partial charge in [0.15, 0.2) is 11.6 Å². The van der Waals surface area contributed by atoms with Crippen LogP contribution in [0.3, 0.4) is 0 Å². The van der Waals surface area contributed by atoms with Gasteiger partial charge in [-0.2, -0.15) is 0 Å². The van der Waals surface area contributed by atoms with Crippen molar-refractivity contribution in [3.8, 4) is 0 Å². The number of nitrogens with zero attached hydrogens (tertiary/aromatic N) is 1. The van der Waals surface area contributed by atoms with E-state index in [0.29, 0.717) is 4.48 Å². The summed E-state index contributed by atoms with van der Waals surface area (Å²) in [6.07, 6.45) is 0. The molecule has 1 N–H and O–H groups in total. The van der Waals surface area contributed by atoms with Crippen molar-refractivity contribution < 1.29 is 19.4 Å². The van der Waals surface area contributed by atoms with E-state index in [4.69, 9.17) is 9.47 Å². The number of carbonyl (C=O) groups excluding carboxylic acids is 1. The van der Waals surface area contributed by atoms with Gasteiger partial charge in [0.1, 0.15) is 5.69 Å². The van der Waals surface area contributed by atoms with E-state index < -0.39 is 11.8 Å². The zero-order valence-corrected chi connectivity index (χ0v) is 14.2. The third-order valence-electron chi connectivity index (χ3n) is 4.88. The number of quaternary nitrogens is 1. The first kappa shape index (κ1) is 15.0. The smallest absolute Gasteiger partial charge is 0.351 e. The molecule has 0 fully saturated rings. The first-order valence-electron chi connectivity index (χ1n) is 7.94. The molecule has 4 rings (SSSR count). The maximum atomic E-state index is 12.6. The number of aliphatic hydroxyl groups is 1. The molecule has 124 valence electrons. The Hall–Kier alpha value is -2.53. The van der Waals surface area contributed by atoms with E-state index in [2.05, 4.69) is 18.2 Å². The summed E-state index contributed by atoms with van der Waals surface area (Å²) >= 11 is 0. The molecule has 2 aromatic rings. The van der Waals surface area contributed by atoms with Gasteiger partial charge in [-0.3, -0.25) is 4.48 Å². The number of benzene rings is 2. The quantitative estimate of drug-likeness (QED) is 0.643. The molecule has 2 aliphatic heterocycles. The molecule has 0 amide bonds. The van der Waals surface area contributed by atoms with Crippen LogP contribution in [0.25, 0.3) is 10.8 Å². The van der Waals surface area contributed by atoms with Crippen molar-refractivity contribution in [2.75, 3.05) is 14.1 Å². The average molecular weight is 326 g/mol. The van der Waals surface area contributed by atoms with Crippen LogP contribution in [0.4, 0.5) is 5.69 Å². The minimum absolute atomic E-state index is 0.169. The van der Waals surface area contributed by atoms with Crippen LogP contribution in [0.2, 0.25) is 0 Å². The third-order valence-corrected chi connectivity index (χ3v) is 4.88. The molecule has 2 aromatic carbocycles. The molecule has 5 heteroatoms. The van der Waals surface area contributed by atoms with E-state index in [1.807, 2.05) is 32.3 Å². The van der Waals surface area contributed by atoms with Crippen molar-refractivity contribution in [3.63, 3.8) is 0 Å². The van der Waals surface area contributed by atoms with Crippen LogP contribution in [0.1, 0.15) is 25.5 Å². The highest BCUT2D eigenvalue weighted by molar-refractivity contribution is 6.02. The summed E-state index contributed by atoms with van der Waals surface area (Å²) in [5.41, 5.74) is 2.27. The largest absolute Gasteiger partial charge is 0.480 e. The predicted molar refractivity (Wildman–Crippen MR) is 91.2 cm³/mol. The average Bonchev–Trinajstić information content (AvgIpc) is 2.69. The van der Waals surface area contributed by atoms with Gasteiger partial charge in [0.05, 0.1) is 19.5 Å². The number of hydrogen-bond donors (Lipinski definition) is 1. The van der Waals surface area contributed by atoms with E-state index in [-0.39, 0.29) is 17.6 Å². The maximum absolute atomic E-state index is 12.6. The summed E-state index contributed by atoms with van der Waals surface area (Å²) in [6.45, 7) is 3.20. The summed E-state index contributed by atoms with van der Waals surface area (Å²) in [4.78, 5) is 12.6. The first-order valence-corrected chi connectivity index (χ1v) is 7.94. The number of aliphatic hydroxyl groups excluding tert-OH is 1. The molecule has 2 aliphatic rings. The van der Waals surface area contributed by atoms with Crippen LogP contribution < -0.4 is 4.48 Å². The predicted octanol–water partition coefficient (Wildman–Crippen LogP) is 3.54. The Kier molecular flexibility index (Phi) is 2.82. The lowest BCUT2D eigenvalue weighted by Gasteiger charge is -2.37. The third kappa shape index (κ3) is 1.88. The van der Waals surface area contributed by atoms with Gasteiger partial charge in [-0.15, -0.1) is 0 Å². The zero-order chi connectivity index (χ0) is 17.3. The number of likely N-dealkylation sites (N-methyl/N-ethyl adjacent to an activating group) is 1. The lowest BCUT2D eigenvalue weighted by Crippen LogP contribution is -2.47. The molecule has 0 saturated heterocycles. The SMILES string of the molecule is CC1(C)OC(=O)C([C@@H]2c3cccc4cccc(c34)[N+]2(C)C)=C(O)O1. The highest BCUT2D eigenvalue weighted by Gasteiger charge is 2.51. The second-order valence-corrected chi connectivity index (χ2v) is 7.28. The number of carbonyl (C=O) groups is 1. The highest BCUT2D eigenvalue weighted by atomic mass is 16.8. The Bertz CT molecular complexity index is 905. The van der Waals surface area contributed by atoms with E-state index in [0.717, 1.165) is 22.0 Å². The van der Waals surface area contributed by atoms with Crippen LogP contribution in [0.15, 0.2) is 47.9 Å². The second kappa shape index (κ2) is 4.51. The Morgan fingerprint density at radius 3 is 2.42 bits per heavy atom. The fraction of sp³-hybridized carbons (Fsp3) is 0.316. The van der Waals surface area contributed by atoms with Crippen molar-refractivity contribution in [1.29, 1.82) is 0 Å². The topological polar surface area (TPSA) is 55.8 Å². The molecular formula is C19H20NO4+. The van der Waals surface area contributed by atoms with Crippen molar-refractivity contribution in [2.45, 2.75) is 25.7 Å². The Morgan fingerprint density at radius 2 is 1.75 bits per heavy atom. The maximum Gasteiger partial charge on any atom is 0.351 e. The summed E-state index contributed by atoms with van der Waals surface area (Å²) in [7, 11) is 4.04. The Morgan fingerprint density at radius 1 is 1.08 bits per heavy atom. The monoisotopic (exact) mass is 326 g/mol. The van der Waals surface area contributed by atoms with Gasteiger partial charge < -0.3 is 14.6 Å². The minimum atomic E-state index is -1.17. The molecule has 0 radical (unpaired) electrons. The van der Waals surface area contributed by atoms with Gasteiger partial charge in [-0.05, 0) is 11.5 Å². The lowest BCUT2D eigenvalue weighted by atomic mass is 9.96. The number of hydrogen-bond acceptors (Lipinski definition) is 4. The van der Waals surface area contributed by atoms with Gasteiger partial charge in [-0.1, -0.05) is 30.3 Å². The van der Waals surface area contributed by atoms with Gasteiger partial charge >= 0.3 is 5.97 Å². The summed E-state index contributed by atoms with van der Waals surface area (Å²) in [6, 6.07) is 11.8. The van der Waals surface area contributed by atoms with E-state index in [1.54, 1.807) is 13.8 Å².